The minimum absolute atomic E-state index is 0.943. The molecule has 36 valence electrons. The van der Waals surface area contributed by atoms with E-state index in [9.17, 15) is 0 Å². The molecular formula is C6H7N. The highest BCUT2D eigenvalue weighted by Crippen LogP contribution is 1.72. The molecule has 0 radical (unpaired) electrons. The second-order valence-electron chi connectivity index (χ2n) is 1.05. The van der Waals surface area contributed by atoms with Gasteiger partial charge >= 0.3 is 0 Å². The van der Waals surface area contributed by atoms with Gasteiger partial charge in [-0.1, -0.05) is 6.92 Å². The predicted octanol–water partition coefficient (Wildman–Crippen LogP) is 1.63. The summed E-state index contributed by atoms with van der Waals surface area (Å²) in [6, 6.07) is 1.84. The lowest BCUT2D eigenvalue weighted by Crippen LogP contribution is -1.43. The number of allylic oxidation sites excluding steroid dienone is 1. The summed E-state index contributed by atoms with van der Waals surface area (Å²) in [7, 11) is 0. The predicted molar refractivity (Wildman–Crippen MR) is 28.6 cm³/mol. The molecule has 0 aliphatic rings. The van der Waals surface area contributed by atoms with Crippen molar-refractivity contribution in [3.8, 4) is 6.07 Å². The molecule has 0 spiro atoms. The van der Waals surface area contributed by atoms with Crippen molar-refractivity contribution in [2.75, 3.05) is 0 Å². The van der Waals surface area contributed by atoms with E-state index in [1.807, 2.05) is 19.1 Å². The SMILES string of the molecule is CCC=C=CC#N. The molecule has 0 unspecified atom stereocenters. The fraction of sp³-hybridized carbons (Fsp3) is 0.333. The van der Waals surface area contributed by atoms with Crippen LogP contribution in [0.1, 0.15) is 13.3 Å². The summed E-state index contributed by atoms with van der Waals surface area (Å²) in [4.78, 5) is 0. The van der Waals surface area contributed by atoms with Crippen LogP contribution >= 0.6 is 0 Å². The van der Waals surface area contributed by atoms with Gasteiger partial charge in [0.2, 0.25) is 0 Å². The van der Waals surface area contributed by atoms with E-state index in [4.69, 9.17) is 5.26 Å². The Morgan fingerprint density at radius 1 is 1.71 bits per heavy atom. The number of hydrogen-bond donors (Lipinski definition) is 0. The van der Waals surface area contributed by atoms with Gasteiger partial charge in [-0.2, -0.15) is 5.26 Å². The first kappa shape index (κ1) is 6.01. The maximum atomic E-state index is 7.90. The van der Waals surface area contributed by atoms with Gasteiger partial charge in [0.05, 0.1) is 12.1 Å². The quantitative estimate of drug-likeness (QED) is 0.357. The monoisotopic (exact) mass is 93.1 g/mol. The van der Waals surface area contributed by atoms with Gasteiger partial charge in [0, 0.05) is 0 Å². The molecule has 0 atom stereocenters. The molecule has 0 saturated heterocycles. The van der Waals surface area contributed by atoms with Crippen LogP contribution in [0.4, 0.5) is 0 Å². The Morgan fingerprint density at radius 2 is 2.43 bits per heavy atom. The van der Waals surface area contributed by atoms with Crippen molar-refractivity contribution in [3.63, 3.8) is 0 Å². The molecule has 1 heteroatoms. The van der Waals surface area contributed by atoms with Crippen LogP contribution in [0.5, 0.6) is 0 Å². The molecule has 0 rings (SSSR count). The second kappa shape index (κ2) is 5.01. The van der Waals surface area contributed by atoms with Crippen molar-refractivity contribution in [2.24, 2.45) is 0 Å². The first-order valence-corrected chi connectivity index (χ1v) is 2.20. The lowest BCUT2D eigenvalue weighted by Gasteiger charge is -1.61. The van der Waals surface area contributed by atoms with Gasteiger partial charge in [0.15, 0.2) is 0 Å². The highest BCUT2D eigenvalue weighted by molar-refractivity contribution is 5.00. The summed E-state index contributed by atoms with van der Waals surface area (Å²) in [6.45, 7) is 2.00. The van der Waals surface area contributed by atoms with Crippen LogP contribution < -0.4 is 0 Å². The van der Waals surface area contributed by atoms with Gasteiger partial charge in [-0.15, -0.1) is 5.73 Å². The highest BCUT2D eigenvalue weighted by Gasteiger charge is 1.55. The Morgan fingerprint density at radius 3 is 2.86 bits per heavy atom. The van der Waals surface area contributed by atoms with Gasteiger partial charge in [0.1, 0.15) is 0 Å². The van der Waals surface area contributed by atoms with E-state index in [0.29, 0.717) is 0 Å². The largest absolute Gasteiger partial charge is 0.192 e. The Hall–Kier alpha value is -0.990. The summed E-state index contributed by atoms with van der Waals surface area (Å²) in [5.41, 5.74) is 2.67. The maximum Gasteiger partial charge on any atom is 0.0996 e. The molecule has 0 heterocycles. The normalized spacial score (nSPS) is 5.71. The third-order valence-electron chi connectivity index (χ3n) is 0.470. The van der Waals surface area contributed by atoms with Crippen molar-refractivity contribution in [1.29, 1.82) is 5.26 Å². The van der Waals surface area contributed by atoms with Crippen LogP contribution in [0.25, 0.3) is 0 Å². The van der Waals surface area contributed by atoms with Crippen molar-refractivity contribution in [3.05, 3.63) is 17.9 Å². The molecule has 1 nitrogen and oxygen atoms in total. The molecule has 0 aromatic carbocycles. The first-order valence-electron chi connectivity index (χ1n) is 2.20. The molecule has 7 heavy (non-hydrogen) atoms. The molecule has 0 amide bonds. The lowest BCUT2D eigenvalue weighted by atomic mass is 10.4. The summed E-state index contributed by atoms with van der Waals surface area (Å²) in [5, 5.41) is 7.90. The molecule has 0 aliphatic carbocycles. The van der Waals surface area contributed by atoms with E-state index >= 15 is 0 Å². The van der Waals surface area contributed by atoms with Crippen LogP contribution in [0.15, 0.2) is 17.9 Å². The van der Waals surface area contributed by atoms with E-state index < -0.39 is 0 Å². The lowest BCUT2D eigenvalue weighted by molar-refractivity contribution is 1.23. The molecule has 0 saturated carbocycles. The van der Waals surface area contributed by atoms with E-state index in [1.165, 1.54) is 6.08 Å². The molecule has 0 aromatic heterocycles. The number of nitriles is 1. The minimum Gasteiger partial charge on any atom is -0.192 e. The Kier molecular flexibility index (Phi) is 4.30. The highest BCUT2D eigenvalue weighted by atomic mass is 14.2. The Balaban J connectivity index is 3.47. The van der Waals surface area contributed by atoms with Gasteiger partial charge < -0.3 is 0 Å². The second-order valence-corrected chi connectivity index (χ2v) is 1.05. The van der Waals surface area contributed by atoms with Crippen molar-refractivity contribution in [1.82, 2.24) is 0 Å². The first-order chi connectivity index (χ1) is 3.41. The fourth-order valence-electron chi connectivity index (χ4n) is 0.214. The molecule has 0 aromatic rings. The van der Waals surface area contributed by atoms with Crippen molar-refractivity contribution >= 4 is 0 Å². The molecule has 0 bridgehead atoms. The fourth-order valence-corrected chi connectivity index (χ4v) is 0.214. The zero-order valence-electron chi connectivity index (χ0n) is 4.31. The van der Waals surface area contributed by atoms with E-state index in [-0.39, 0.29) is 0 Å². The number of hydrogen-bond acceptors (Lipinski definition) is 1. The summed E-state index contributed by atoms with van der Waals surface area (Å²) < 4.78 is 0. The smallest absolute Gasteiger partial charge is 0.0996 e. The van der Waals surface area contributed by atoms with Crippen LogP contribution in [0.3, 0.4) is 0 Å². The van der Waals surface area contributed by atoms with Gasteiger partial charge in [-0.05, 0) is 12.5 Å². The van der Waals surface area contributed by atoms with Crippen LogP contribution in [0, 0.1) is 11.3 Å². The zero-order valence-corrected chi connectivity index (χ0v) is 4.31. The zero-order chi connectivity index (χ0) is 5.54. The maximum absolute atomic E-state index is 7.90. The summed E-state index contributed by atoms with van der Waals surface area (Å²) in [5.74, 6) is 0. The van der Waals surface area contributed by atoms with Crippen molar-refractivity contribution in [2.45, 2.75) is 13.3 Å². The molecule has 0 aliphatic heterocycles. The minimum atomic E-state index is 0.943. The van der Waals surface area contributed by atoms with Gasteiger partial charge in [-0.25, -0.2) is 0 Å². The number of rotatable bonds is 1. The molecule has 0 fully saturated rings. The summed E-state index contributed by atoms with van der Waals surface area (Å²) >= 11 is 0. The third kappa shape index (κ3) is 5.01. The third-order valence-corrected chi connectivity index (χ3v) is 0.470. The van der Waals surface area contributed by atoms with Crippen LogP contribution in [-0.4, -0.2) is 0 Å². The Bertz CT molecular complexity index is 122. The van der Waals surface area contributed by atoms with Gasteiger partial charge in [0.25, 0.3) is 0 Å². The topological polar surface area (TPSA) is 23.8 Å². The number of nitrogens with zero attached hydrogens (tertiary/aromatic N) is 1. The summed E-state index contributed by atoms with van der Waals surface area (Å²) in [6.07, 6.45) is 4.09. The van der Waals surface area contributed by atoms with E-state index in [2.05, 4.69) is 5.73 Å². The van der Waals surface area contributed by atoms with Crippen LogP contribution in [-0.2, 0) is 0 Å². The molecule has 0 N–H and O–H groups in total. The molecular weight excluding hydrogens is 86.1 g/mol. The van der Waals surface area contributed by atoms with Gasteiger partial charge in [-0.3, -0.25) is 0 Å². The standard InChI is InChI=1S/C6H7N/c1-2-3-4-5-6-7/h3,5H,2H2,1H3. The van der Waals surface area contributed by atoms with E-state index in [1.54, 1.807) is 0 Å². The average molecular weight is 93.1 g/mol. The van der Waals surface area contributed by atoms with Crippen LogP contribution in [0.2, 0.25) is 0 Å². The van der Waals surface area contributed by atoms with Crippen molar-refractivity contribution < 1.29 is 0 Å². The van der Waals surface area contributed by atoms with E-state index in [0.717, 1.165) is 6.42 Å². The Labute approximate surface area is 43.6 Å². The average Bonchev–Trinajstić information content (AvgIpc) is 1.69.